The van der Waals surface area contributed by atoms with Crippen molar-refractivity contribution in [2.24, 2.45) is 16.6 Å². The summed E-state index contributed by atoms with van der Waals surface area (Å²) >= 11 is 0. The zero-order valence-corrected chi connectivity index (χ0v) is 21.2. The summed E-state index contributed by atoms with van der Waals surface area (Å²) in [5, 5.41) is 1.68. The van der Waals surface area contributed by atoms with E-state index >= 15 is 0 Å². The van der Waals surface area contributed by atoms with Crippen LogP contribution in [0.4, 0.5) is 5.69 Å². The second-order valence-electron chi connectivity index (χ2n) is 10.0. The fraction of sp³-hybridized carbons (Fsp3) is 0.367. The highest BCUT2D eigenvalue weighted by Gasteiger charge is 2.23. The van der Waals surface area contributed by atoms with Gasteiger partial charge in [0.15, 0.2) is 0 Å². The largest absolute Gasteiger partial charge is 0.387 e. The Kier molecular flexibility index (Phi) is 6.77. The van der Waals surface area contributed by atoms with Gasteiger partial charge in [-0.05, 0) is 78.5 Å². The van der Waals surface area contributed by atoms with Gasteiger partial charge in [-0.2, -0.15) is 0 Å². The highest BCUT2D eigenvalue weighted by atomic mass is 16.2. The van der Waals surface area contributed by atoms with Crippen LogP contribution < -0.4 is 11.3 Å². The Morgan fingerprint density at radius 2 is 1.78 bits per heavy atom. The molecule has 0 unspecified atom stereocenters. The molecule has 1 aliphatic heterocycles. The summed E-state index contributed by atoms with van der Waals surface area (Å²) in [5.41, 5.74) is 10.7. The number of rotatable bonds is 8. The third-order valence-electron chi connectivity index (χ3n) is 7.01. The number of benzene rings is 2. The Labute approximate surface area is 212 Å². The number of carbonyl (C=O) groups excluding carboxylic acids is 1. The van der Waals surface area contributed by atoms with Crippen LogP contribution in [0.25, 0.3) is 28.0 Å². The van der Waals surface area contributed by atoms with Crippen molar-refractivity contribution in [3.8, 4) is 11.1 Å². The van der Waals surface area contributed by atoms with Crippen LogP contribution in [-0.2, 0) is 11.3 Å². The average Bonchev–Trinajstić information content (AvgIpc) is 3.71. The third kappa shape index (κ3) is 4.99. The van der Waals surface area contributed by atoms with E-state index in [1.165, 1.54) is 12.8 Å². The lowest BCUT2D eigenvalue weighted by molar-refractivity contribution is -0.127. The topological polar surface area (TPSA) is 80.7 Å². The minimum absolute atomic E-state index is 0.0376. The van der Waals surface area contributed by atoms with Crippen molar-refractivity contribution in [3.63, 3.8) is 0 Å². The summed E-state index contributed by atoms with van der Waals surface area (Å²) in [7, 11) is 0. The van der Waals surface area contributed by atoms with Gasteiger partial charge in [-0.3, -0.25) is 9.59 Å². The van der Waals surface area contributed by atoms with Crippen LogP contribution in [-0.4, -0.2) is 34.3 Å². The lowest BCUT2D eigenvalue weighted by Gasteiger charge is -2.22. The van der Waals surface area contributed by atoms with E-state index in [9.17, 15) is 9.59 Å². The number of fused-ring (bicyclic) bond motifs is 2. The van der Waals surface area contributed by atoms with Crippen LogP contribution >= 0.6 is 0 Å². The Bertz CT molecular complexity index is 1420. The standard InChI is InChI=1S/C30H34N4O2/c1-3-12-33(13-4-2)29(35)25-16-24-8-7-22(17-27(24)32-28(31)18-25)21-9-10-26-23(15-21)11-14-34(30(26)36)19-20-5-6-20/h7-11,14-17,20H,3-6,12-13,18-19H2,1-2H3,(H2,31,32). The minimum atomic E-state index is 0.0376. The quantitative estimate of drug-likeness (QED) is 0.460. The van der Waals surface area contributed by atoms with E-state index in [1.54, 1.807) is 0 Å². The molecule has 186 valence electrons. The molecule has 2 aliphatic rings. The van der Waals surface area contributed by atoms with Crippen molar-refractivity contribution < 1.29 is 4.79 Å². The Balaban J connectivity index is 1.47. The molecule has 36 heavy (non-hydrogen) atoms. The number of amidine groups is 1. The van der Waals surface area contributed by atoms with Crippen molar-refractivity contribution in [2.45, 2.75) is 52.5 Å². The number of aromatic nitrogens is 1. The summed E-state index contributed by atoms with van der Waals surface area (Å²) in [6.07, 6.45) is 8.47. The van der Waals surface area contributed by atoms with Crippen LogP contribution in [0.1, 0.15) is 51.5 Å². The molecule has 1 aromatic heterocycles. The zero-order valence-electron chi connectivity index (χ0n) is 21.2. The number of hydrogen-bond acceptors (Lipinski definition) is 4. The van der Waals surface area contributed by atoms with Crippen molar-refractivity contribution in [1.29, 1.82) is 0 Å². The number of pyridine rings is 1. The van der Waals surface area contributed by atoms with Gasteiger partial charge in [0.2, 0.25) is 5.91 Å². The molecule has 6 heteroatoms. The van der Waals surface area contributed by atoms with Gasteiger partial charge in [0.1, 0.15) is 5.84 Å². The second-order valence-corrected chi connectivity index (χ2v) is 10.0. The normalized spacial score (nSPS) is 15.2. The molecule has 0 saturated heterocycles. The van der Waals surface area contributed by atoms with E-state index in [0.29, 0.717) is 23.7 Å². The van der Waals surface area contributed by atoms with Crippen molar-refractivity contribution in [2.75, 3.05) is 13.1 Å². The van der Waals surface area contributed by atoms with E-state index in [2.05, 4.69) is 24.9 Å². The van der Waals surface area contributed by atoms with E-state index < -0.39 is 0 Å². The maximum Gasteiger partial charge on any atom is 0.258 e. The summed E-state index contributed by atoms with van der Waals surface area (Å²) in [6, 6.07) is 14.1. The van der Waals surface area contributed by atoms with Gasteiger partial charge in [0.25, 0.3) is 5.56 Å². The van der Waals surface area contributed by atoms with Gasteiger partial charge >= 0.3 is 0 Å². The third-order valence-corrected chi connectivity index (χ3v) is 7.01. The molecule has 0 spiro atoms. The molecule has 6 nitrogen and oxygen atoms in total. The van der Waals surface area contributed by atoms with Crippen molar-refractivity contribution in [3.05, 3.63) is 70.2 Å². The van der Waals surface area contributed by atoms with Gasteiger partial charge in [-0.15, -0.1) is 0 Å². The Morgan fingerprint density at radius 1 is 1.06 bits per heavy atom. The van der Waals surface area contributed by atoms with Crippen LogP contribution in [0.15, 0.2) is 64.0 Å². The SMILES string of the molecule is CCCN(CCC)C(=O)C1=Cc2ccc(-c3ccc4c(=O)n(CC5CC5)ccc4c3)cc2N=C(N)C1. The summed E-state index contributed by atoms with van der Waals surface area (Å²) in [5.74, 6) is 1.13. The fourth-order valence-corrected chi connectivity index (χ4v) is 4.96. The first-order valence-corrected chi connectivity index (χ1v) is 13.1. The van der Waals surface area contributed by atoms with E-state index in [-0.39, 0.29) is 11.5 Å². The maximum absolute atomic E-state index is 13.2. The fourth-order valence-electron chi connectivity index (χ4n) is 4.96. The molecule has 1 fully saturated rings. The molecule has 1 amide bonds. The summed E-state index contributed by atoms with van der Waals surface area (Å²) in [6.45, 7) is 6.45. The Hall–Kier alpha value is -3.67. The molecule has 2 aromatic carbocycles. The van der Waals surface area contributed by atoms with E-state index in [4.69, 9.17) is 5.73 Å². The van der Waals surface area contributed by atoms with E-state index in [1.807, 2.05) is 58.1 Å². The first kappa shape index (κ1) is 24.0. The predicted molar refractivity (Wildman–Crippen MR) is 147 cm³/mol. The average molecular weight is 483 g/mol. The summed E-state index contributed by atoms with van der Waals surface area (Å²) < 4.78 is 1.84. The number of amides is 1. The lowest BCUT2D eigenvalue weighted by atomic mass is 9.99. The molecule has 0 radical (unpaired) electrons. The maximum atomic E-state index is 13.2. The van der Waals surface area contributed by atoms with Gasteiger partial charge < -0.3 is 15.2 Å². The lowest BCUT2D eigenvalue weighted by Crippen LogP contribution is -2.34. The predicted octanol–water partition coefficient (Wildman–Crippen LogP) is 5.50. The first-order valence-electron chi connectivity index (χ1n) is 13.1. The van der Waals surface area contributed by atoms with Crippen molar-refractivity contribution >= 4 is 34.3 Å². The molecule has 1 saturated carbocycles. The number of nitrogens with two attached hydrogens (primary N) is 1. The van der Waals surface area contributed by atoms with Crippen LogP contribution in [0.3, 0.4) is 0 Å². The first-order chi connectivity index (χ1) is 17.5. The van der Waals surface area contributed by atoms with E-state index in [0.717, 1.165) is 65.6 Å². The highest BCUT2D eigenvalue weighted by Crippen LogP contribution is 2.33. The van der Waals surface area contributed by atoms with Gasteiger partial charge in [0.05, 0.1) is 5.69 Å². The van der Waals surface area contributed by atoms with Crippen molar-refractivity contribution in [1.82, 2.24) is 9.47 Å². The molecular weight excluding hydrogens is 448 g/mol. The van der Waals surface area contributed by atoms with Crippen LogP contribution in [0, 0.1) is 5.92 Å². The van der Waals surface area contributed by atoms with Gasteiger partial charge in [0, 0.05) is 48.8 Å². The monoisotopic (exact) mass is 482 g/mol. The number of aliphatic imine (C=N–C) groups is 1. The van der Waals surface area contributed by atoms with Gasteiger partial charge in [-0.25, -0.2) is 4.99 Å². The Morgan fingerprint density at radius 3 is 2.50 bits per heavy atom. The van der Waals surface area contributed by atoms with Crippen LogP contribution in [0.2, 0.25) is 0 Å². The zero-order chi connectivity index (χ0) is 25.2. The molecular formula is C30H34N4O2. The second kappa shape index (κ2) is 10.1. The number of nitrogens with zero attached hydrogens (tertiary/aromatic N) is 3. The molecule has 5 rings (SSSR count). The smallest absolute Gasteiger partial charge is 0.258 e. The molecule has 0 bridgehead atoms. The molecule has 2 heterocycles. The number of carbonyl (C=O) groups is 1. The minimum Gasteiger partial charge on any atom is -0.387 e. The molecule has 1 aliphatic carbocycles. The number of hydrogen-bond donors (Lipinski definition) is 1. The van der Waals surface area contributed by atoms with Gasteiger partial charge in [-0.1, -0.05) is 32.0 Å². The van der Waals surface area contributed by atoms with Crippen LogP contribution in [0.5, 0.6) is 0 Å². The summed E-state index contributed by atoms with van der Waals surface area (Å²) in [4.78, 5) is 32.7. The molecule has 2 N–H and O–H groups in total. The molecule has 3 aromatic rings. The molecule has 0 atom stereocenters. The highest BCUT2D eigenvalue weighted by molar-refractivity contribution is 6.05.